The van der Waals surface area contributed by atoms with E-state index in [1.165, 1.54) is 0 Å². The second-order valence-corrected chi connectivity index (χ2v) is 4.41. The molecule has 18 heavy (non-hydrogen) atoms. The van der Waals surface area contributed by atoms with Crippen LogP contribution in [-0.2, 0) is 11.3 Å². The Morgan fingerprint density at radius 1 is 1.50 bits per heavy atom. The standard InChI is InChI=1S/C14H18N2O2/c1-18-13-8-7-11(9-15-13)10-16-14(17)12-5-3-2-4-6-12/h2-3,7-9,12H,4-6,10H2,1H3,(H,16,17)/t12-/m0/s1. The predicted octanol–water partition coefficient (Wildman–Crippen LogP) is 2.06. The second kappa shape index (κ2) is 6.19. The van der Waals surface area contributed by atoms with E-state index in [1.54, 1.807) is 19.4 Å². The van der Waals surface area contributed by atoms with Crippen LogP contribution in [0.15, 0.2) is 30.5 Å². The summed E-state index contributed by atoms with van der Waals surface area (Å²) in [5.41, 5.74) is 0.982. The number of allylic oxidation sites excluding steroid dienone is 2. The zero-order valence-electron chi connectivity index (χ0n) is 10.6. The van der Waals surface area contributed by atoms with Crippen molar-refractivity contribution in [2.45, 2.75) is 25.8 Å². The van der Waals surface area contributed by atoms with Gasteiger partial charge in [0.15, 0.2) is 0 Å². The van der Waals surface area contributed by atoms with Gasteiger partial charge in [0.05, 0.1) is 7.11 Å². The Morgan fingerprint density at radius 3 is 3.00 bits per heavy atom. The first kappa shape index (κ1) is 12.6. The molecule has 0 bridgehead atoms. The van der Waals surface area contributed by atoms with Crippen molar-refractivity contribution < 1.29 is 9.53 Å². The molecule has 0 saturated carbocycles. The van der Waals surface area contributed by atoms with Crippen molar-refractivity contribution in [2.75, 3.05) is 7.11 Å². The average molecular weight is 246 g/mol. The molecule has 1 aliphatic carbocycles. The quantitative estimate of drug-likeness (QED) is 0.827. The van der Waals surface area contributed by atoms with Gasteiger partial charge in [0, 0.05) is 24.7 Å². The molecule has 0 fully saturated rings. The monoisotopic (exact) mass is 246 g/mol. The fourth-order valence-electron chi connectivity index (χ4n) is 2.00. The Morgan fingerprint density at radius 2 is 2.39 bits per heavy atom. The molecule has 96 valence electrons. The van der Waals surface area contributed by atoms with Gasteiger partial charge in [-0.2, -0.15) is 0 Å². The molecule has 1 aromatic rings. The van der Waals surface area contributed by atoms with Crippen molar-refractivity contribution in [1.29, 1.82) is 0 Å². The summed E-state index contributed by atoms with van der Waals surface area (Å²) in [6, 6.07) is 3.71. The smallest absolute Gasteiger partial charge is 0.223 e. The lowest BCUT2D eigenvalue weighted by Gasteiger charge is -2.17. The van der Waals surface area contributed by atoms with E-state index in [2.05, 4.69) is 22.5 Å². The van der Waals surface area contributed by atoms with Gasteiger partial charge in [-0.05, 0) is 24.8 Å². The van der Waals surface area contributed by atoms with E-state index in [4.69, 9.17) is 4.74 Å². The fourth-order valence-corrected chi connectivity index (χ4v) is 2.00. The third-order valence-corrected chi connectivity index (χ3v) is 3.11. The number of pyridine rings is 1. The summed E-state index contributed by atoms with van der Waals surface area (Å²) in [6.45, 7) is 0.524. The van der Waals surface area contributed by atoms with Gasteiger partial charge in [0.1, 0.15) is 0 Å². The highest BCUT2D eigenvalue weighted by Crippen LogP contribution is 2.18. The first-order valence-corrected chi connectivity index (χ1v) is 6.21. The Bertz CT molecular complexity index is 426. The Labute approximate surface area is 107 Å². The summed E-state index contributed by atoms with van der Waals surface area (Å²) in [4.78, 5) is 16.0. The van der Waals surface area contributed by atoms with E-state index in [0.717, 1.165) is 24.8 Å². The molecule has 0 aliphatic heterocycles. The van der Waals surface area contributed by atoms with Crippen LogP contribution in [-0.4, -0.2) is 18.0 Å². The molecule has 0 unspecified atom stereocenters. The maximum Gasteiger partial charge on any atom is 0.223 e. The molecule has 1 aliphatic rings. The lowest BCUT2D eigenvalue weighted by molar-refractivity contribution is -0.125. The van der Waals surface area contributed by atoms with Crippen LogP contribution in [0, 0.1) is 5.92 Å². The number of nitrogens with zero attached hydrogens (tertiary/aromatic N) is 1. The molecule has 4 heteroatoms. The summed E-state index contributed by atoms with van der Waals surface area (Å²) < 4.78 is 4.98. The SMILES string of the molecule is COc1ccc(CNC(=O)[C@H]2CC=CCC2)cn1. The number of ether oxygens (including phenoxy) is 1. The van der Waals surface area contributed by atoms with Crippen LogP contribution in [0.1, 0.15) is 24.8 Å². The zero-order valence-corrected chi connectivity index (χ0v) is 10.6. The average Bonchev–Trinajstić information content (AvgIpc) is 2.46. The molecule has 1 aromatic heterocycles. The van der Waals surface area contributed by atoms with E-state index >= 15 is 0 Å². The number of aromatic nitrogens is 1. The van der Waals surface area contributed by atoms with E-state index in [1.807, 2.05) is 6.07 Å². The van der Waals surface area contributed by atoms with Gasteiger partial charge in [-0.1, -0.05) is 18.2 Å². The van der Waals surface area contributed by atoms with E-state index < -0.39 is 0 Å². The van der Waals surface area contributed by atoms with Crippen LogP contribution < -0.4 is 10.1 Å². The van der Waals surface area contributed by atoms with Gasteiger partial charge in [-0.3, -0.25) is 4.79 Å². The molecule has 0 aromatic carbocycles. The van der Waals surface area contributed by atoms with Crippen molar-refractivity contribution in [3.8, 4) is 5.88 Å². The Kier molecular flexibility index (Phi) is 4.34. The number of carbonyl (C=O) groups excluding carboxylic acids is 1. The molecular weight excluding hydrogens is 228 g/mol. The van der Waals surface area contributed by atoms with E-state index in [0.29, 0.717) is 12.4 Å². The first-order valence-electron chi connectivity index (χ1n) is 6.21. The van der Waals surface area contributed by atoms with Gasteiger partial charge < -0.3 is 10.1 Å². The maximum absolute atomic E-state index is 11.9. The summed E-state index contributed by atoms with van der Waals surface area (Å²) in [6.07, 6.45) is 8.75. The number of hydrogen-bond donors (Lipinski definition) is 1. The topological polar surface area (TPSA) is 51.2 Å². The summed E-state index contributed by atoms with van der Waals surface area (Å²) in [5.74, 6) is 0.846. The normalized spacial score (nSPS) is 18.4. The largest absolute Gasteiger partial charge is 0.481 e. The molecule has 4 nitrogen and oxygen atoms in total. The fraction of sp³-hybridized carbons (Fsp3) is 0.429. The van der Waals surface area contributed by atoms with Crippen molar-refractivity contribution in [2.24, 2.45) is 5.92 Å². The number of nitrogens with one attached hydrogen (secondary N) is 1. The third-order valence-electron chi connectivity index (χ3n) is 3.11. The van der Waals surface area contributed by atoms with Gasteiger partial charge in [-0.15, -0.1) is 0 Å². The summed E-state index contributed by atoms with van der Waals surface area (Å²) in [7, 11) is 1.58. The Hall–Kier alpha value is -1.84. The highest BCUT2D eigenvalue weighted by molar-refractivity contribution is 5.78. The van der Waals surface area contributed by atoms with Crippen LogP contribution in [0.4, 0.5) is 0 Å². The third kappa shape index (κ3) is 3.32. The molecule has 0 saturated heterocycles. The molecule has 1 heterocycles. The van der Waals surface area contributed by atoms with Gasteiger partial charge in [0.2, 0.25) is 11.8 Å². The highest BCUT2D eigenvalue weighted by atomic mass is 16.5. The lowest BCUT2D eigenvalue weighted by atomic mass is 9.93. The minimum Gasteiger partial charge on any atom is -0.481 e. The van der Waals surface area contributed by atoms with Crippen molar-refractivity contribution >= 4 is 5.91 Å². The van der Waals surface area contributed by atoms with Gasteiger partial charge >= 0.3 is 0 Å². The van der Waals surface area contributed by atoms with E-state index in [9.17, 15) is 4.79 Å². The number of carbonyl (C=O) groups is 1. The first-order chi connectivity index (χ1) is 8.79. The number of rotatable bonds is 4. The van der Waals surface area contributed by atoms with E-state index in [-0.39, 0.29) is 11.8 Å². The van der Waals surface area contributed by atoms with Crippen LogP contribution in [0.5, 0.6) is 5.88 Å². The predicted molar refractivity (Wildman–Crippen MR) is 69.1 cm³/mol. The van der Waals surface area contributed by atoms with Gasteiger partial charge in [0.25, 0.3) is 0 Å². The molecule has 1 amide bonds. The van der Waals surface area contributed by atoms with Gasteiger partial charge in [-0.25, -0.2) is 4.98 Å². The summed E-state index contributed by atoms with van der Waals surface area (Å²) >= 11 is 0. The molecule has 0 radical (unpaired) electrons. The van der Waals surface area contributed by atoms with Crippen LogP contribution in [0.3, 0.4) is 0 Å². The number of hydrogen-bond acceptors (Lipinski definition) is 3. The molecule has 1 N–H and O–H groups in total. The minimum atomic E-state index is 0.126. The Balaban J connectivity index is 1.82. The van der Waals surface area contributed by atoms with Crippen molar-refractivity contribution in [3.05, 3.63) is 36.0 Å². The second-order valence-electron chi connectivity index (χ2n) is 4.41. The van der Waals surface area contributed by atoms with Crippen LogP contribution >= 0.6 is 0 Å². The van der Waals surface area contributed by atoms with Crippen molar-refractivity contribution in [1.82, 2.24) is 10.3 Å². The molecule has 0 spiro atoms. The molecule has 1 atom stereocenters. The minimum absolute atomic E-state index is 0.126. The van der Waals surface area contributed by atoms with Crippen LogP contribution in [0.2, 0.25) is 0 Å². The summed E-state index contributed by atoms with van der Waals surface area (Å²) in [5, 5.41) is 2.95. The lowest BCUT2D eigenvalue weighted by Crippen LogP contribution is -2.30. The van der Waals surface area contributed by atoms with Crippen LogP contribution in [0.25, 0.3) is 0 Å². The number of amides is 1. The molecular formula is C14H18N2O2. The molecule has 2 rings (SSSR count). The maximum atomic E-state index is 11.9. The van der Waals surface area contributed by atoms with Crippen molar-refractivity contribution in [3.63, 3.8) is 0 Å². The highest BCUT2D eigenvalue weighted by Gasteiger charge is 2.17. The number of methoxy groups -OCH3 is 1. The zero-order chi connectivity index (χ0) is 12.8.